The highest BCUT2D eigenvalue weighted by molar-refractivity contribution is 6.05. The fraction of sp³-hybridized carbons (Fsp3) is 0.389. The van der Waals surface area contributed by atoms with Gasteiger partial charge < -0.3 is 4.90 Å². The molecule has 0 saturated heterocycles. The van der Waals surface area contributed by atoms with Gasteiger partial charge in [-0.15, -0.1) is 0 Å². The number of rotatable bonds is 1. The van der Waals surface area contributed by atoms with Crippen LogP contribution < -0.4 is 4.90 Å². The van der Waals surface area contributed by atoms with Crippen LogP contribution in [0.1, 0.15) is 48.1 Å². The van der Waals surface area contributed by atoms with E-state index in [9.17, 15) is 4.79 Å². The van der Waals surface area contributed by atoms with E-state index in [4.69, 9.17) is 0 Å². The van der Waals surface area contributed by atoms with Crippen molar-refractivity contribution in [3.05, 3.63) is 53.1 Å². The van der Waals surface area contributed by atoms with Crippen molar-refractivity contribution in [3.63, 3.8) is 0 Å². The minimum atomic E-state index is -0.0743. The second kappa shape index (κ2) is 5.20. The number of hydrogen-bond donors (Lipinski definition) is 0. The summed E-state index contributed by atoms with van der Waals surface area (Å²) in [6.07, 6.45) is 4.08. The molecule has 1 aromatic carbocycles. The molecule has 4 heteroatoms. The molecule has 22 heavy (non-hydrogen) atoms. The van der Waals surface area contributed by atoms with Crippen molar-refractivity contribution >= 4 is 11.6 Å². The number of amides is 1. The molecule has 0 radical (unpaired) electrons. The standard InChI is InChI=1S/C18H21N3O/c1-12-10-20-15(11-19-12)17(22)21-8-7-13-9-14(18(2,3)4)5-6-16(13)21/h5-6,9-11H,7-8H2,1-4H3. The van der Waals surface area contributed by atoms with Crippen LogP contribution in [0.3, 0.4) is 0 Å². The zero-order chi connectivity index (χ0) is 15.9. The van der Waals surface area contributed by atoms with Gasteiger partial charge in [-0.3, -0.25) is 9.78 Å². The average molecular weight is 295 g/mol. The Bertz CT molecular complexity index is 714. The van der Waals surface area contributed by atoms with Gasteiger partial charge in [-0.25, -0.2) is 4.98 Å². The first-order valence-corrected chi connectivity index (χ1v) is 7.60. The number of anilines is 1. The SMILES string of the molecule is Cc1cnc(C(=O)N2CCc3cc(C(C)(C)C)ccc32)cn1. The Kier molecular flexibility index (Phi) is 3.47. The Morgan fingerprint density at radius 1 is 1.18 bits per heavy atom. The molecule has 0 spiro atoms. The molecular weight excluding hydrogens is 274 g/mol. The van der Waals surface area contributed by atoms with Gasteiger partial charge in [0.2, 0.25) is 0 Å². The summed E-state index contributed by atoms with van der Waals surface area (Å²) in [5, 5.41) is 0. The number of benzene rings is 1. The van der Waals surface area contributed by atoms with Crippen molar-refractivity contribution in [2.75, 3.05) is 11.4 Å². The van der Waals surface area contributed by atoms with E-state index in [1.807, 2.05) is 6.92 Å². The molecule has 4 nitrogen and oxygen atoms in total. The Morgan fingerprint density at radius 2 is 1.95 bits per heavy atom. The first kappa shape index (κ1) is 14.7. The van der Waals surface area contributed by atoms with Crippen LogP contribution in [0.2, 0.25) is 0 Å². The van der Waals surface area contributed by atoms with Gasteiger partial charge in [0.1, 0.15) is 5.69 Å². The summed E-state index contributed by atoms with van der Waals surface area (Å²) in [7, 11) is 0. The lowest BCUT2D eigenvalue weighted by Gasteiger charge is -2.21. The normalized spacial score (nSPS) is 14.1. The molecule has 1 aromatic heterocycles. The van der Waals surface area contributed by atoms with Crippen LogP contribution in [0.5, 0.6) is 0 Å². The molecule has 2 aromatic rings. The smallest absolute Gasteiger partial charge is 0.278 e. The van der Waals surface area contributed by atoms with Crippen molar-refractivity contribution in [2.45, 2.75) is 39.5 Å². The summed E-state index contributed by atoms with van der Waals surface area (Å²) >= 11 is 0. The largest absolute Gasteiger partial charge is 0.306 e. The van der Waals surface area contributed by atoms with E-state index in [1.165, 1.54) is 11.1 Å². The van der Waals surface area contributed by atoms with Gasteiger partial charge in [0.15, 0.2) is 0 Å². The molecular formula is C18H21N3O. The van der Waals surface area contributed by atoms with Crippen molar-refractivity contribution in [3.8, 4) is 0 Å². The van der Waals surface area contributed by atoms with E-state index < -0.39 is 0 Å². The molecule has 2 heterocycles. The lowest BCUT2D eigenvalue weighted by atomic mass is 9.86. The first-order valence-electron chi connectivity index (χ1n) is 7.60. The van der Waals surface area contributed by atoms with Crippen molar-refractivity contribution in [1.82, 2.24) is 9.97 Å². The van der Waals surface area contributed by atoms with E-state index >= 15 is 0 Å². The van der Waals surface area contributed by atoms with Crippen LogP contribution in [-0.4, -0.2) is 22.4 Å². The number of nitrogens with zero attached hydrogens (tertiary/aromatic N) is 3. The van der Waals surface area contributed by atoms with Crippen LogP contribution in [0, 0.1) is 6.92 Å². The molecule has 3 rings (SSSR count). The molecule has 0 fully saturated rings. The number of hydrogen-bond acceptors (Lipinski definition) is 3. The first-order chi connectivity index (χ1) is 10.4. The van der Waals surface area contributed by atoms with Gasteiger partial charge in [0.25, 0.3) is 5.91 Å². The lowest BCUT2D eigenvalue weighted by molar-refractivity contribution is 0.0984. The van der Waals surface area contributed by atoms with Crippen LogP contribution in [0.25, 0.3) is 0 Å². The third-order valence-corrected chi connectivity index (χ3v) is 4.09. The summed E-state index contributed by atoms with van der Waals surface area (Å²) in [6.45, 7) is 9.18. The summed E-state index contributed by atoms with van der Waals surface area (Å²) in [5.74, 6) is -0.0743. The van der Waals surface area contributed by atoms with E-state index in [0.29, 0.717) is 12.2 Å². The minimum Gasteiger partial charge on any atom is -0.306 e. The highest BCUT2D eigenvalue weighted by Crippen LogP contribution is 2.33. The average Bonchev–Trinajstić information content (AvgIpc) is 2.89. The van der Waals surface area contributed by atoms with Gasteiger partial charge in [-0.2, -0.15) is 0 Å². The molecule has 0 saturated carbocycles. The minimum absolute atomic E-state index is 0.0743. The molecule has 1 aliphatic heterocycles. The van der Waals surface area contributed by atoms with E-state index in [0.717, 1.165) is 17.8 Å². The van der Waals surface area contributed by atoms with Crippen molar-refractivity contribution < 1.29 is 4.79 Å². The fourth-order valence-corrected chi connectivity index (χ4v) is 2.72. The molecule has 114 valence electrons. The Morgan fingerprint density at radius 3 is 2.59 bits per heavy atom. The maximum atomic E-state index is 12.6. The highest BCUT2D eigenvalue weighted by Gasteiger charge is 2.27. The highest BCUT2D eigenvalue weighted by atomic mass is 16.2. The summed E-state index contributed by atoms with van der Waals surface area (Å²) in [4.78, 5) is 22.8. The Balaban J connectivity index is 1.91. The second-order valence-corrected chi connectivity index (χ2v) is 6.84. The predicted molar refractivity (Wildman–Crippen MR) is 87.3 cm³/mol. The fourth-order valence-electron chi connectivity index (χ4n) is 2.72. The lowest BCUT2D eigenvalue weighted by Crippen LogP contribution is -2.29. The topological polar surface area (TPSA) is 46.1 Å². The third-order valence-electron chi connectivity index (χ3n) is 4.09. The van der Waals surface area contributed by atoms with Crippen LogP contribution >= 0.6 is 0 Å². The van der Waals surface area contributed by atoms with E-state index in [-0.39, 0.29) is 11.3 Å². The number of aryl methyl sites for hydroxylation is 1. The monoisotopic (exact) mass is 295 g/mol. The molecule has 1 amide bonds. The van der Waals surface area contributed by atoms with Crippen LogP contribution in [0.15, 0.2) is 30.6 Å². The number of fused-ring (bicyclic) bond motifs is 1. The number of carbonyl (C=O) groups excluding carboxylic acids is 1. The van der Waals surface area contributed by atoms with Gasteiger partial charge in [-0.1, -0.05) is 32.9 Å². The molecule has 1 aliphatic rings. The maximum absolute atomic E-state index is 12.6. The summed E-state index contributed by atoms with van der Waals surface area (Å²) < 4.78 is 0. The van der Waals surface area contributed by atoms with Crippen molar-refractivity contribution in [1.29, 1.82) is 0 Å². The van der Waals surface area contributed by atoms with Gasteiger partial charge >= 0.3 is 0 Å². The summed E-state index contributed by atoms with van der Waals surface area (Å²) in [5.41, 5.74) is 4.87. The molecule has 0 N–H and O–H groups in total. The van der Waals surface area contributed by atoms with Crippen LogP contribution in [-0.2, 0) is 11.8 Å². The zero-order valence-electron chi connectivity index (χ0n) is 13.6. The van der Waals surface area contributed by atoms with Crippen LogP contribution in [0.4, 0.5) is 5.69 Å². The predicted octanol–water partition coefficient (Wildman–Crippen LogP) is 3.29. The Hall–Kier alpha value is -2.23. The quantitative estimate of drug-likeness (QED) is 0.811. The van der Waals surface area contributed by atoms with E-state index in [2.05, 4.69) is 48.9 Å². The van der Waals surface area contributed by atoms with Gasteiger partial charge in [-0.05, 0) is 36.0 Å². The number of aromatic nitrogens is 2. The van der Waals surface area contributed by atoms with Crippen molar-refractivity contribution in [2.24, 2.45) is 0 Å². The second-order valence-electron chi connectivity index (χ2n) is 6.84. The van der Waals surface area contributed by atoms with E-state index in [1.54, 1.807) is 17.3 Å². The molecule has 0 atom stereocenters. The van der Waals surface area contributed by atoms with Gasteiger partial charge in [0, 0.05) is 18.4 Å². The number of carbonyl (C=O) groups is 1. The Labute approximate surface area is 131 Å². The third kappa shape index (κ3) is 2.61. The zero-order valence-corrected chi connectivity index (χ0v) is 13.6. The maximum Gasteiger partial charge on any atom is 0.278 e. The molecule has 0 unspecified atom stereocenters. The molecule has 0 aliphatic carbocycles. The molecule has 0 bridgehead atoms. The van der Waals surface area contributed by atoms with Gasteiger partial charge in [0.05, 0.1) is 11.9 Å². The summed E-state index contributed by atoms with van der Waals surface area (Å²) in [6, 6.07) is 6.40.